The predicted octanol–water partition coefficient (Wildman–Crippen LogP) is 3.03. The van der Waals surface area contributed by atoms with E-state index >= 15 is 0 Å². The molecule has 0 aliphatic carbocycles. The molecule has 0 radical (unpaired) electrons. The van der Waals surface area contributed by atoms with Crippen molar-refractivity contribution in [1.82, 2.24) is 4.98 Å². The van der Waals surface area contributed by atoms with E-state index < -0.39 is 6.10 Å². The lowest BCUT2D eigenvalue weighted by atomic mass is 10.1. The fraction of sp³-hybridized carbons (Fsp3) is 0.154. The number of aliphatic hydroxyl groups excluding tert-OH is 1. The van der Waals surface area contributed by atoms with Crippen molar-refractivity contribution in [3.05, 3.63) is 42.3 Å². The lowest BCUT2D eigenvalue weighted by Gasteiger charge is -1.95. The Morgan fingerprint density at radius 3 is 2.56 bits per heavy atom. The molecule has 1 atom stereocenters. The highest BCUT2D eigenvalue weighted by atomic mass is 16.4. The monoisotopic (exact) mass is 213 g/mol. The molecule has 0 spiro atoms. The van der Waals surface area contributed by atoms with Gasteiger partial charge in [-0.15, -0.1) is 0 Å². The van der Waals surface area contributed by atoms with Crippen molar-refractivity contribution in [3.63, 3.8) is 0 Å². The zero-order valence-corrected chi connectivity index (χ0v) is 8.84. The van der Waals surface area contributed by atoms with Gasteiger partial charge in [-0.2, -0.15) is 0 Å². The first kappa shape index (κ1) is 9.36. The van der Waals surface area contributed by atoms with E-state index in [9.17, 15) is 5.11 Å². The molecule has 16 heavy (non-hydrogen) atoms. The minimum Gasteiger partial charge on any atom is -0.438 e. The lowest BCUT2D eigenvalue weighted by Crippen LogP contribution is -1.88. The number of benzene rings is 2. The quantitative estimate of drug-likeness (QED) is 0.675. The molecule has 0 amide bonds. The molecule has 1 heterocycles. The van der Waals surface area contributed by atoms with Crippen LogP contribution in [0.5, 0.6) is 0 Å². The molecule has 3 heteroatoms. The molecule has 1 aromatic heterocycles. The number of aliphatic hydroxyl groups is 1. The molecule has 3 rings (SSSR count). The van der Waals surface area contributed by atoms with E-state index in [-0.39, 0.29) is 0 Å². The Morgan fingerprint density at radius 2 is 1.88 bits per heavy atom. The maximum atomic E-state index is 9.41. The highest BCUT2D eigenvalue weighted by Crippen LogP contribution is 2.25. The van der Waals surface area contributed by atoms with Crippen molar-refractivity contribution in [2.75, 3.05) is 0 Å². The summed E-state index contributed by atoms with van der Waals surface area (Å²) in [6.07, 6.45) is -0.671. The van der Waals surface area contributed by atoms with Crippen LogP contribution in [0.4, 0.5) is 0 Å². The molecular weight excluding hydrogens is 202 g/mol. The molecule has 1 unspecified atom stereocenters. The predicted molar refractivity (Wildman–Crippen MR) is 62.1 cm³/mol. The van der Waals surface area contributed by atoms with Crippen LogP contribution in [0.25, 0.3) is 21.9 Å². The van der Waals surface area contributed by atoms with E-state index in [4.69, 9.17) is 4.42 Å². The van der Waals surface area contributed by atoms with Crippen LogP contribution in [0.1, 0.15) is 18.9 Å². The summed E-state index contributed by atoms with van der Waals surface area (Å²) in [4.78, 5) is 4.25. The largest absolute Gasteiger partial charge is 0.438 e. The first-order valence-electron chi connectivity index (χ1n) is 5.21. The van der Waals surface area contributed by atoms with Crippen LogP contribution >= 0.6 is 0 Å². The Balaban J connectivity index is 2.34. The van der Waals surface area contributed by atoms with Gasteiger partial charge >= 0.3 is 0 Å². The number of oxazole rings is 1. The fourth-order valence-corrected chi connectivity index (χ4v) is 1.81. The Bertz CT molecular complexity index is 603. The molecule has 3 nitrogen and oxygen atoms in total. The van der Waals surface area contributed by atoms with Gasteiger partial charge in [0.15, 0.2) is 5.58 Å². The molecule has 80 valence electrons. The second kappa shape index (κ2) is 3.32. The van der Waals surface area contributed by atoms with Gasteiger partial charge in [0.1, 0.15) is 11.6 Å². The molecule has 3 aromatic rings. The minimum absolute atomic E-state index is 0.366. The number of hydrogen-bond donors (Lipinski definition) is 1. The van der Waals surface area contributed by atoms with Crippen LogP contribution < -0.4 is 0 Å². The molecular formula is C13H11NO2. The smallest absolute Gasteiger partial charge is 0.224 e. The zero-order valence-electron chi connectivity index (χ0n) is 8.84. The first-order chi connectivity index (χ1) is 7.74. The van der Waals surface area contributed by atoms with Crippen LogP contribution in [0.3, 0.4) is 0 Å². The number of nitrogens with zero attached hydrogens (tertiary/aromatic N) is 1. The van der Waals surface area contributed by atoms with E-state index in [0.29, 0.717) is 5.89 Å². The fourth-order valence-electron chi connectivity index (χ4n) is 1.81. The normalized spacial score (nSPS) is 13.4. The van der Waals surface area contributed by atoms with Crippen LogP contribution in [-0.4, -0.2) is 10.1 Å². The second-order valence-corrected chi connectivity index (χ2v) is 3.90. The maximum Gasteiger partial charge on any atom is 0.224 e. The summed E-state index contributed by atoms with van der Waals surface area (Å²) in [6, 6.07) is 12.0. The summed E-state index contributed by atoms with van der Waals surface area (Å²) in [7, 11) is 0. The van der Waals surface area contributed by atoms with Crippen molar-refractivity contribution in [2.24, 2.45) is 0 Å². The van der Waals surface area contributed by atoms with Gasteiger partial charge in [-0.1, -0.05) is 24.3 Å². The molecule has 0 bridgehead atoms. The Kier molecular flexibility index (Phi) is 1.94. The number of aromatic nitrogens is 1. The summed E-state index contributed by atoms with van der Waals surface area (Å²) < 4.78 is 5.48. The van der Waals surface area contributed by atoms with Crippen molar-refractivity contribution >= 4 is 21.9 Å². The molecule has 0 saturated heterocycles. The van der Waals surface area contributed by atoms with Gasteiger partial charge in [0.25, 0.3) is 0 Å². The molecule has 0 saturated carbocycles. The van der Waals surface area contributed by atoms with E-state index in [1.165, 1.54) is 0 Å². The summed E-state index contributed by atoms with van der Waals surface area (Å²) >= 11 is 0. The average Bonchev–Trinajstić information content (AvgIpc) is 2.68. The van der Waals surface area contributed by atoms with E-state index in [1.807, 2.05) is 36.4 Å². The standard InChI is InChI=1S/C13H11NO2/c1-8(15)13-14-11-6-9-4-2-3-5-10(9)7-12(11)16-13/h2-8,15H,1H3. The lowest BCUT2D eigenvalue weighted by molar-refractivity contribution is 0.165. The SMILES string of the molecule is CC(O)c1nc2cc3ccccc3cc2o1. The number of fused-ring (bicyclic) bond motifs is 2. The Labute approximate surface area is 92.3 Å². The summed E-state index contributed by atoms with van der Waals surface area (Å²) in [5, 5.41) is 11.6. The van der Waals surface area contributed by atoms with Gasteiger partial charge in [-0.3, -0.25) is 0 Å². The van der Waals surface area contributed by atoms with Gasteiger partial charge in [-0.05, 0) is 29.8 Å². The molecule has 0 fully saturated rings. The molecule has 1 N–H and O–H groups in total. The van der Waals surface area contributed by atoms with Gasteiger partial charge in [0.2, 0.25) is 5.89 Å². The second-order valence-electron chi connectivity index (χ2n) is 3.90. The Morgan fingerprint density at radius 1 is 1.19 bits per heavy atom. The molecule has 2 aromatic carbocycles. The number of hydrogen-bond acceptors (Lipinski definition) is 3. The van der Waals surface area contributed by atoms with Crippen LogP contribution in [-0.2, 0) is 0 Å². The summed E-state index contributed by atoms with van der Waals surface area (Å²) in [5.74, 6) is 0.366. The number of rotatable bonds is 1. The van der Waals surface area contributed by atoms with Crippen LogP contribution in [0.15, 0.2) is 40.8 Å². The van der Waals surface area contributed by atoms with E-state index in [2.05, 4.69) is 4.98 Å². The van der Waals surface area contributed by atoms with Crippen LogP contribution in [0.2, 0.25) is 0 Å². The third kappa shape index (κ3) is 1.37. The van der Waals surface area contributed by atoms with Gasteiger partial charge in [0.05, 0.1) is 0 Å². The summed E-state index contributed by atoms with van der Waals surface area (Å²) in [5.41, 5.74) is 1.50. The van der Waals surface area contributed by atoms with Crippen molar-refractivity contribution in [2.45, 2.75) is 13.0 Å². The zero-order chi connectivity index (χ0) is 11.1. The van der Waals surface area contributed by atoms with E-state index in [0.717, 1.165) is 21.9 Å². The average molecular weight is 213 g/mol. The van der Waals surface area contributed by atoms with Crippen molar-refractivity contribution < 1.29 is 9.52 Å². The van der Waals surface area contributed by atoms with Gasteiger partial charge < -0.3 is 9.52 Å². The van der Waals surface area contributed by atoms with Gasteiger partial charge in [0, 0.05) is 0 Å². The van der Waals surface area contributed by atoms with Crippen molar-refractivity contribution in [3.8, 4) is 0 Å². The highest BCUT2D eigenvalue weighted by Gasteiger charge is 2.10. The van der Waals surface area contributed by atoms with Crippen LogP contribution in [0, 0.1) is 0 Å². The third-order valence-electron chi connectivity index (χ3n) is 2.63. The highest BCUT2D eigenvalue weighted by molar-refractivity contribution is 5.94. The Hall–Kier alpha value is -1.87. The van der Waals surface area contributed by atoms with Crippen molar-refractivity contribution in [1.29, 1.82) is 0 Å². The third-order valence-corrected chi connectivity index (χ3v) is 2.63. The molecule has 0 aliphatic rings. The summed E-state index contributed by atoms with van der Waals surface area (Å²) in [6.45, 7) is 1.64. The molecule has 0 aliphatic heterocycles. The van der Waals surface area contributed by atoms with Gasteiger partial charge in [-0.25, -0.2) is 4.98 Å². The maximum absolute atomic E-state index is 9.41. The van der Waals surface area contributed by atoms with E-state index in [1.54, 1.807) is 6.92 Å². The topological polar surface area (TPSA) is 46.3 Å². The minimum atomic E-state index is -0.671. The first-order valence-corrected chi connectivity index (χ1v) is 5.21.